The van der Waals surface area contributed by atoms with Gasteiger partial charge in [-0.1, -0.05) is 5.21 Å². The highest BCUT2D eigenvalue weighted by Gasteiger charge is 2.13. The Morgan fingerprint density at radius 3 is 2.87 bits per heavy atom. The lowest BCUT2D eigenvalue weighted by molar-refractivity contribution is -0.384. The van der Waals surface area contributed by atoms with Crippen molar-refractivity contribution in [3.8, 4) is 0 Å². The van der Waals surface area contributed by atoms with Crippen LogP contribution in [0.4, 0.5) is 10.5 Å². The zero-order valence-corrected chi connectivity index (χ0v) is 7.88. The van der Waals surface area contributed by atoms with Crippen LogP contribution in [-0.2, 0) is 0 Å². The van der Waals surface area contributed by atoms with Crippen molar-refractivity contribution in [2.45, 2.75) is 0 Å². The third kappa shape index (κ3) is 1.52. The Kier molecular flexibility index (Phi) is 2.09. The van der Waals surface area contributed by atoms with E-state index < -0.39 is 10.3 Å². The van der Waals surface area contributed by atoms with E-state index in [-0.39, 0.29) is 11.2 Å². The Morgan fingerprint density at radius 2 is 2.27 bits per heavy atom. The summed E-state index contributed by atoms with van der Waals surface area (Å²) in [6, 6.07) is 3.84. The zero-order valence-electron chi connectivity index (χ0n) is 7.12. The van der Waals surface area contributed by atoms with E-state index in [4.69, 9.17) is 11.6 Å². The minimum absolute atomic E-state index is 0.114. The van der Waals surface area contributed by atoms with Gasteiger partial charge in [0.05, 0.1) is 10.4 Å². The molecule has 2 aromatic rings. The Morgan fingerprint density at radius 1 is 1.53 bits per heavy atom. The van der Waals surface area contributed by atoms with Crippen LogP contribution in [0.2, 0.25) is 0 Å². The smallest absolute Gasteiger partial charge is 0.258 e. The monoisotopic (exact) mass is 226 g/mol. The van der Waals surface area contributed by atoms with E-state index >= 15 is 0 Å². The lowest BCUT2D eigenvalue weighted by Gasteiger charge is -1.92. The number of aromatic nitrogens is 3. The highest BCUT2D eigenvalue weighted by molar-refractivity contribution is 6.63. The molecular weight excluding hydrogens is 224 g/mol. The Balaban J connectivity index is 2.66. The lowest BCUT2D eigenvalue weighted by Crippen LogP contribution is -2.03. The number of halogens is 1. The van der Waals surface area contributed by atoms with Gasteiger partial charge in [0.2, 0.25) is 0 Å². The third-order valence-electron chi connectivity index (χ3n) is 1.81. The molecule has 2 rings (SSSR count). The molecule has 0 saturated carbocycles. The van der Waals surface area contributed by atoms with Crippen molar-refractivity contribution < 1.29 is 9.72 Å². The molecule has 0 N–H and O–H groups in total. The number of nitrogens with zero attached hydrogens (tertiary/aromatic N) is 4. The second-order valence-electron chi connectivity index (χ2n) is 2.68. The van der Waals surface area contributed by atoms with Gasteiger partial charge in [-0.15, -0.1) is 5.10 Å². The second kappa shape index (κ2) is 3.28. The van der Waals surface area contributed by atoms with Crippen molar-refractivity contribution in [3.63, 3.8) is 0 Å². The van der Waals surface area contributed by atoms with Gasteiger partial charge in [0, 0.05) is 12.1 Å². The number of hydrogen-bond acceptors (Lipinski definition) is 5. The van der Waals surface area contributed by atoms with Crippen molar-refractivity contribution in [1.29, 1.82) is 0 Å². The number of carbonyl (C=O) groups is 1. The molecule has 0 aliphatic rings. The number of nitro benzene ring substituents is 1. The molecule has 1 heterocycles. The fourth-order valence-corrected chi connectivity index (χ4v) is 1.28. The van der Waals surface area contributed by atoms with Crippen LogP contribution in [0.15, 0.2) is 18.2 Å². The Labute approximate surface area is 87.4 Å². The molecule has 0 aliphatic heterocycles. The van der Waals surface area contributed by atoms with Gasteiger partial charge in [0.1, 0.15) is 5.52 Å². The van der Waals surface area contributed by atoms with Gasteiger partial charge in [-0.25, -0.2) is 0 Å². The SMILES string of the molecule is O=C(Cl)n1nnc2cc([N+](=O)[O-])ccc21. The van der Waals surface area contributed by atoms with Gasteiger partial charge in [-0.3, -0.25) is 14.9 Å². The Bertz CT molecular complexity index is 564. The molecule has 0 atom stereocenters. The van der Waals surface area contributed by atoms with Crippen LogP contribution in [0.3, 0.4) is 0 Å². The van der Waals surface area contributed by atoms with E-state index in [1.165, 1.54) is 18.2 Å². The molecule has 0 radical (unpaired) electrons. The number of rotatable bonds is 1. The molecule has 7 nitrogen and oxygen atoms in total. The first-order chi connectivity index (χ1) is 7.09. The molecular formula is C7H3ClN4O3. The highest BCUT2D eigenvalue weighted by atomic mass is 35.5. The highest BCUT2D eigenvalue weighted by Crippen LogP contribution is 2.18. The van der Waals surface area contributed by atoms with Gasteiger partial charge in [0.15, 0.2) is 0 Å². The van der Waals surface area contributed by atoms with Crippen LogP contribution >= 0.6 is 11.6 Å². The minimum Gasteiger partial charge on any atom is -0.258 e. The fourth-order valence-electron chi connectivity index (χ4n) is 1.16. The number of fused-ring (bicyclic) bond motifs is 1. The first-order valence-electron chi connectivity index (χ1n) is 3.79. The third-order valence-corrected chi connectivity index (χ3v) is 1.97. The summed E-state index contributed by atoms with van der Waals surface area (Å²) < 4.78 is 0.862. The fraction of sp³-hybridized carbons (Fsp3) is 0. The van der Waals surface area contributed by atoms with E-state index in [1.54, 1.807) is 0 Å². The lowest BCUT2D eigenvalue weighted by atomic mass is 10.3. The van der Waals surface area contributed by atoms with E-state index in [2.05, 4.69) is 10.3 Å². The maximum atomic E-state index is 10.8. The van der Waals surface area contributed by atoms with Crippen molar-refractivity contribution in [1.82, 2.24) is 15.0 Å². The molecule has 8 heteroatoms. The van der Waals surface area contributed by atoms with Gasteiger partial charge in [0.25, 0.3) is 5.69 Å². The van der Waals surface area contributed by atoms with E-state index in [0.717, 1.165) is 4.68 Å². The maximum absolute atomic E-state index is 10.8. The number of hydrogen-bond donors (Lipinski definition) is 0. The summed E-state index contributed by atoms with van der Waals surface area (Å²) >= 11 is 5.21. The average molecular weight is 227 g/mol. The van der Waals surface area contributed by atoms with Crippen LogP contribution in [0.25, 0.3) is 11.0 Å². The summed E-state index contributed by atoms with van der Waals surface area (Å²) in [7, 11) is 0. The van der Waals surface area contributed by atoms with Crippen LogP contribution < -0.4 is 0 Å². The normalized spacial score (nSPS) is 10.5. The van der Waals surface area contributed by atoms with Crippen molar-refractivity contribution >= 4 is 33.7 Å². The standard InChI is InChI=1S/C7H3ClN4O3/c8-7(13)11-6-2-1-4(12(14)15)3-5(6)9-10-11/h1-3H. The predicted octanol–water partition coefficient (Wildman–Crippen LogP) is 1.55. The van der Waals surface area contributed by atoms with Crippen LogP contribution in [-0.4, -0.2) is 25.3 Å². The van der Waals surface area contributed by atoms with Crippen molar-refractivity contribution in [2.75, 3.05) is 0 Å². The molecule has 0 saturated heterocycles. The minimum atomic E-state index is -0.814. The topological polar surface area (TPSA) is 90.9 Å². The molecule has 0 unspecified atom stereocenters. The summed E-state index contributed by atoms with van der Waals surface area (Å²) in [5.74, 6) is 0. The van der Waals surface area contributed by atoms with E-state index in [0.29, 0.717) is 5.52 Å². The second-order valence-corrected chi connectivity index (χ2v) is 3.01. The van der Waals surface area contributed by atoms with Crippen LogP contribution in [0, 0.1) is 10.1 Å². The number of carbonyl (C=O) groups excluding carboxylic acids is 1. The molecule has 0 aliphatic carbocycles. The first-order valence-corrected chi connectivity index (χ1v) is 4.17. The van der Waals surface area contributed by atoms with Gasteiger partial charge in [-0.2, -0.15) is 4.68 Å². The molecule has 0 fully saturated rings. The molecule has 76 valence electrons. The molecule has 15 heavy (non-hydrogen) atoms. The van der Waals surface area contributed by atoms with Gasteiger partial charge < -0.3 is 0 Å². The summed E-state index contributed by atoms with van der Waals surface area (Å²) in [5, 5.41) is 16.7. The summed E-state index contributed by atoms with van der Waals surface area (Å²) in [6.07, 6.45) is 0. The summed E-state index contributed by atoms with van der Waals surface area (Å²) in [4.78, 5) is 20.7. The van der Waals surface area contributed by atoms with E-state index in [1.807, 2.05) is 0 Å². The van der Waals surface area contributed by atoms with Crippen LogP contribution in [0.1, 0.15) is 0 Å². The molecule has 0 amide bonds. The number of benzene rings is 1. The molecule has 1 aromatic carbocycles. The molecule has 0 bridgehead atoms. The molecule has 0 spiro atoms. The van der Waals surface area contributed by atoms with Gasteiger partial charge in [-0.05, 0) is 17.7 Å². The zero-order chi connectivity index (χ0) is 11.0. The van der Waals surface area contributed by atoms with Crippen molar-refractivity contribution in [3.05, 3.63) is 28.3 Å². The van der Waals surface area contributed by atoms with Gasteiger partial charge >= 0.3 is 5.37 Å². The molecule has 1 aromatic heterocycles. The van der Waals surface area contributed by atoms with E-state index in [9.17, 15) is 14.9 Å². The first kappa shape index (κ1) is 9.53. The summed E-state index contributed by atoms with van der Waals surface area (Å²) in [6.45, 7) is 0. The van der Waals surface area contributed by atoms with Crippen LogP contribution in [0.5, 0.6) is 0 Å². The maximum Gasteiger partial charge on any atom is 0.342 e. The predicted molar refractivity (Wildman–Crippen MR) is 50.8 cm³/mol. The largest absolute Gasteiger partial charge is 0.342 e. The number of nitro groups is 1. The van der Waals surface area contributed by atoms with Crippen molar-refractivity contribution in [2.24, 2.45) is 0 Å². The summed E-state index contributed by atoms with van der Waals surface area (Å²) in [5.41, 5.74) is 0.468. The average Bonchev–Trinajstić information content (AvgIpc) is 2.59. The number of non-ortho nitro benzene ring substituents is 1. The Hall–Kier alpha value is -2.02. The quantitative estimate of drug-likeness (QED) is 0.418.